The zero-order chi connectivity index (χ0) is 15.0. The van der Waals surface area contributed by atoms with Gasteiger partial charge < -0.3 is 0 Å². The van der Waals surface area contributed by atoms with E-state index in [2.05, 4.69) is 21.0 Å². The normalized spacial score (nSPS) is 11.2. The van der Waals surface area contributed by atoms with E-state index in [1.54, 1.807) is 11.3 Å². The fourth-order valence-corrected chi connectivity index (χ4v) is 3.82. The molecule has 0 N–H and O–H groups in total. The van der Waals surface area contributed by atoms with Crippen molar-refractivity contribution in [3.63, 3.8) is 0 Å². The molecule has 0 fully saturated rings. The van der Waals surface area contributed by atoms with Gasteiger partial charge in [-0.1, -0.05) is 18.2 Å². The minimum absolute atomic E-state index is 0.145. The molecule has 0 amide bonds. The quantitative estimate of drug-likeness (QED) is 0.635. The molecule has 3 nitrogen and oxygen atoms in total. The second kappa shape index (κ2) is 5.73. The van der Waals surface area contributed by atoms with E-state index >= 15 is 0 Å². The van der Waals surface area contributed by atoms with Crippen LogP contribution in [0.1, 0.15) is 28.0 Å². The number of hydrogen-bond donors (Lipinski definition) is 0. The van der Waals surface area contributed by atoms with Crippen LogP contribution in [0.25, 0.3) is 10.1 Å². The Morgan fingerprint density at radius 2 is 2.14 bits per heavy atom. The lowest BCUT2D eigenvalue weighted by Gasteiger charge is -2.03. The van der Waals surface area contributed by atoms with Gasteiger partial charge in [0.25, 0.3) is 0 Å². The van der Waals surface area contributed by atoms with Crippen molar-refractivity contribution in [1.29, 1.82) is 0 Å². The number of aromatic nitrogens is 2. The van der Waals surface area contributed by atoms with Crippen molar-refractivity contribution in [2.24, 2.45) is 0 Å². The van der Waals surface area contributed by atoms with E-state index in [0.29, 0.717) is 6.42 Å². The van der Waals surface area contributed by atoms with E-state index < -0.39 is 0 Å². The molecule has 0 radical (unpaired) electrons. The molecule has 5 heteroatoms. The molecule has 0 unspecified atom stereocenters. The summed E-state index contributed by atoms with van der Waals surface area (Å²) < 4.78 is 3.99. The highest BCUT2D eigenvalue weighted by atomic mass is 79.9. The summed E-state index contributed by atoms with van der Waals surface area (Å²) in [7, 11) is 0. The van der Waals surface area contributed by atoms with Gasteiger partial charge in [0.15, 0.2) is 5.78 Å². The van der Waals surface area contributed by atoms with Crippen molar-refractivity contribution in [3.8, 4) is 0 Å². The molecular weight excluding hydrogens is 348 g/mol. The molecule has 21 heavy (non-hydrogen) atoms. The number of benzene rings is 1. The minimum atomic E-state index is 0.145. The third kappa shape index (κ3) is 2.68. The fourth-order valence-electron chi connectivity index (χ4n) is 2.40. The highest BCUT2D eigenvalue weighted by Gasteiger charge is 2.18. The van der Waals surface area contributed by atoms with Crippen LogP contribution in [0.15, 0.2) is 34.8 Å². The Balaban J connectivity index is 1.93. The number of thiophene rings is 1. The summed E-state index contributed by atoms with van der Waals surface area (Å²) in [5.74, 6) is 0.145. The Bertz CT molecular complexity index is 786. The Labute approximate surface area is 135 Å². The number of aryl methyl sites for hydroxylation is 2. The first kappa shape index (κ1) is 14.5. The third-order valence-electron chi connectivity index (χ3n) is 3.48. The van der Waals surface area contributed by atoms with E-state index in [-0.39, 0.29) is 5.78 Å². The molecule has 0 aliphatic carbocycles. The number of Topliss-reactive ketones (excluding diaryl/α,β-unsaturated/α-hetero) is 1. The van der Waals surface area contributed by atoms with Gasteiger partial charge in [0, 0.05) is 11.2 Å². The van der Waals surface area contributed by atoms with Gasteiger partial charge in [-0.25, -0.2) is 0 Å². The molecule has 0 atom stereocenters. The topological polar surface area (TPSA) is 34.9 Å². The average Bonchev–Trinajstić information content (AvgIpc) is 3.03. The first-order valence-electron chi connectivity index (χ1n) is 6.83. The Kier molecular flexibility index (Phi) is 3.95. The molecule has 0 bridgehead atoms. The van der Waals surface area contributed by atoms with E-state index in [4.69, 9.17) is 0 Å². The lowest BCUT2D eigenvalue weighted by atomic mass is 10.1. The predicted octanol–water partition coefficient (Wildman–Crippen LogP) is 4.61. The van der Waals surface area contributed by atoms with Crippen LogP contribution in [0.2, 0.25) is 0 Å². The summed E-state index contributed by atoms with van der Waals surface area (Å²) in [6, 6.07) is 10.1. The standard InChI is InChI=1S/C16H15BrN2OS/c1-3-19-12(16(17)10(2)18-19)9-13(20)15-8-11-6-4-5-7-14(11)21-15/h4-8H,3,9H2,1-2H3. The van der Waals surface area contributed by atoms with Crippen LogP contribution in [0.4, 0.5) is 0 Å². The number of rotatable bonds is 4. The van der Waals surface area contributed by atoms with Crippen molar-refractivity contribution < 1.29 is 4.79 Å². The fraction of sp³-hybridized carbons (Fsp3) is 0.250. The summed E-state index contributed by atoms with van der Waals surface area (Å²) in [5.41, 5.74) is 1.88. The Hall–Kier alpha value is -1.46. The molecule has 3 rings (SSSR count). The maximum absolute atomic E-state index is 12.6. The summed E-state index contributed by atoms with van der Waals surface area (Å²) in [4.78, 5) is 13.4. The molecule has 108 valence electrons. The van der Waals surface area contributed by atoms with Crippen LogP contribution < -0.4 is 0 Å². The number of halogens is 1. The van der Waals surface area contributed by atoms with Crippen LogP contribution >= 0.6 is 27.3 Å². The molecule has 2 aromatic heterocycles. The zero-order valence-electron chi connectivity index (χ0n) is 11.9. The second-order valence-electron chi connectivity index (χ2n) is 4.91. The molecule has 0 aliphatic rings. The first-order chi connectivity index (χ1) is 10.1. The van der Waals surface area contributed by atoms with Crippen molar-refractivity contribution >= 4 is 43.1 Å². The van der Waals surface area contributed by atoms with Crippen LogP contribution in [0.3, 0.4) is 0 Å². The number of ketones is 1. The average molecular weight is 363 g/mol. The smallest absolute Gasteiger partial charge is 0.178 e. The highest BCUT2D eigenvalue weighted by Crippen LogP contribution is 2.28. The number of nitrogens with zero attached hydrogens (tertiary/aromatic N) is 2. The van der Waals surface area contributed by atoms with Gasteiger partial charge in [0.2, 0.25) is 0 Å². The molecule has 0 aliphatic heterocycles. The van der Waals surface area contributed by atoms with E-state index in [1.807, 2.05) is 48.9 Å². The van der Waals surface area contributed by atoms with Gasteiger partial charge in [0.1, 0.15) is 0 Å². The van der Waals surface area contributed by atoms with Crippen molar-refractivity contribution in [2.45, 2.75) is 26.8 Å². The third-order valence-corrected chi connectivity index (χ3v) is 5.67. The Morgan fingerprint density at radius 3 is 2.86 bits per heavy atom. The number of carbonyl (C=O) groups is 1. The van der Waals surface area contributed by atoms with Gasteiger partial charge in [-0.05, 0) is 47.3 Å². The molecule has 1 aromatic carbocycles. The number of carbonyl (C=O) groups excluding carboxylic acids is 1. The Morgan fingerprint density at radius 1 is 1.38 bits per heavy atom. The molecule has 2 heterocycles. The van der Waals surface area contributed by atoms with Gasteiger partial charge in [-0.3, -0.25) is 9.48 Å². The lowest BCUT2D eigenvalue weighted by molar-refractivity contribution is 0.0994. The van der Waals surface area contributed by atoms with Crippen LogP contribution in [-0.4, -0.2) is 15.6 Å². The van der Waals surface area contributed by atoms with Gasteiger partial charge in [-0.15, -0.1) is 11.3 Å². The number of fused-ring (bicyclic) bond motifs is 1. The summed E-state index contributed by atoms with van der Waals surface area (Å²) >= 11 is 5.10. The van der Waals surface area contributed by atoms with Gasteiger partial charge >= 0.3 is 0 Å². The van der Waals surface area contributed by atoms with Crippen molar-refractivity contribution in [2.75, 3.05) is 0 Å². The summed E-state index contributed by atoms with van der Waals surface area (Å²) in [5, 5.41) is 5.57. The largest absolute Gasteiger partial charge is 0.293 e. The molecule has 0 saturated carbocycles. The van der Waals surface area contributed by atoms with E-state index in [9.17, 15) is 4.79 Å². The van der Waals surface area contributed by atoms with E-state index in [0.717, 1.165) is 37.4 Å². The molecular formula is C16H15BrN2OS. The lowest BCUT2D eigenvalue weighted by Crippen LogP contribution is -2.09. The monoisotopic (exact) mass is 362 g/mol. The van der Waals surface area contributed by atoms with Crippen LogP contribution in [0.5, 0.6) is 0 Å². The first-order valence-corrected chi connectivity index (χ1v) is 8.44. The van der Waals surface area contributed by atoms with Crippen molar-refractivity contribution in [3.05, 3.63) is 51.1 Å². The van der Waals surface area contributed by atoms with Crippen LogP contribution in [-0.2, 0) is 13.0 Å². The molecule has 0 spiro atoms. The summed E-state index contributed by atoms with van der Waals surface area (Å²) in [6.45, 7) is 4.75. The predicted molar refractivity (Wildman–Crippen MR) is 90.2 cm³/mol. The second-order valence-corrected chi connectivity index (χ2v) is 6.79. The zero-order valence-corrected chi connectivity index (χ0v) is 14.3. The number of hydrogen-bond acceptors (Lipinski definition) is 3. The van der Waals surface area contributed by atoms with Gasteiger partial charge in [-0.2, -0.15) is 5.10 Å². The maximum atomic E-state index is 12.6. The molecule has 3 aromatic rings. The summed E-state index contributed by atoms with van der Waals surface area (Å²) in [6.07, 6.45) is 0.377. The maximum Gasteiger partial charge on any atom is 0.178 e. The minimum Gasteiger partial charge on any atom is -0.293 e. The van der Waals surface area contributed by atoms with Crippen LogP contribution in [0, 0.1) is 6.92 Å². The molecule has 0 saturated heterocycles. The van der Waals surface area contributed by atoms with E-state index in [1.165, 1.54) is 0 Å². The SMILES string of the molecule is CCn1nc(C)c(Br)c1CC(=O)c1cc2ccccc2s1. The van der Waals surface area contributed by atoms with Crippen molar-refractivity contribution in [1.82, 2.24) is 9.78 Å². The highest BCUT2D eigenvalue weighted by molar-refractivity contribution is 9.10. The van der Waals surface area contributed by atoms with Gasteiger partial charge in [0.05, 0.1) is 27.2 Å².